The van der Waals surface area contributed by atoms with Gasteiger partial charge in [0.1, 0.15) is 0 Å². The molecule has 3 nitrogen and oxygen atoms in total. The number of hydrogen-bond acceptors (Lipinski definition) is 3. The van der Waals surface area contributed by atoms with Gasteiger partial charge in [0, 0.05) is 13.1 Å². The van der Waals surface area contributed by atoms with Gasteiger partial charge in [-0.15, -0.1) is 0 Å². The molecular formula is C5H14N2O. The smallest absolute Gasteiger partial charge is 0.0786 e. The Hall–Kier alpha value is -0.120. The van der Waals surface area contributed by atoms with Crippen molar-refractivity contribution in [2.24, 2.45) is 5.73 Å². The van der Waals surface area contributed by atoms with Crippen LogP contribution in [0.15, 0.2) is 0 Å². The average molecular weight is 118 g/mol. The minimum Gasteiger partial charge on any atom is -0.390 e. The van der Waals surface area contributed by atoms with E-state index in [2.05, 4.69) is 5.32 Å². The van der Waals surface area contributed by atoms with Gasteiger partial charge in [-0.3, -0.25) is 0 Å². The zero-order valence-corrected chi connectivity index (χ0v) is 5.22. The van der Waals surface area contributed by atoms with Crippen molar-refractivity contribution in [3.05, 3.63) is 0 Å². The summed E-state index contributed by atoms with van der Waals surface area (Å²) >= 11 is 0. The molecule has 0 rings (SSSR count). The minimum atomic E-state index is -0.380. The fourth-order valence-electron chi connectivity index (χ4n) is 0.394. The quantitative estimate of drug-likeness (QED) is 0.440. The highest BCUT2D eigenvalue weighted by atomic mass is 16.3. The lowest BCUT2D eigenvalue weighted by atomic mass is 10.3. The lowest BCUT2D eigenvalue weighted by molar-refractivity contribution is 0.180. The topological polar surface area (TPSA) is 58.3 Å². The first-order valence-electron chi connectivity index (χ1n) is 2.90. The fourth-order valence-corrected chi connectivity index (χ4v) is 0.394. The number of rotatable bonds is 4. The monoisotopic (exact) mass is 118 g/mol. The second kappa shape index (κ2) is 5.03. The summed E-state index contributed by atoms with van der Waals surface area (Å²) in [6.45, 7) is 3.82. The van der Waals surface area contributed by atoms with Crippen molar-refractivity contribution in [3.8, 4) is 0 Å². The summed E-state index contributed by atoms with van der Waals surface area (Å²) in [6, 6.07) is 0. The first kappa shape index (κ1) is 7.88. The van der Waals surface area contributed by atoms with Crippen LogP contribution in [0.3, 0.4) is 0 Å². The Morgan fingerprint density at radius 1 is 1.75 bits per heavy atom. The maximum absolute atomic E-state index is 8.80. The number of likely N-dealkylation sites (N-methyl/N-ethyl adjacent to an activating group) is 1. The van der Waals surface area contributed by atoms with Gasteiger partial charge in [-0.2, -0.15) is 0 Å². The molecule has 0 aliphatic heterocycles. The molecule has 0 aromatic carbocycles. The summed E-state index contributed by atoms with van der Waals surface area (Å²) < 4.78 is 0. The minimum absolute atomic E-state index is 0.340. The summed E-state index contributed by atoms with van der Waals surface area (Å²) in [5, 5.41) is 11.8. The van der Waals surface area contributed by atoms with Crippen molar-refractivity contribution in [1.82, 2.24) is 5.32 Å². The lowest BCUT2D eigenvalue weighted by Gasteiger charge is -2.05. The van der Waals surface area contributed by atoms with Crippen molar-refractivity contribution in [2.75, 3.05) is 19.6 Å². The molecule has 0 radical (unpaired) electrons. The van der Waals surface area contributed by atoms with Gasteiger partial charge < -0.3 is 16.2 Å². The van der Waals surface area contributed by atoms with Crippen LogP contribution in [0.5, 0.6) is 0 Å². The molecule has 0 aliphatic carbocycles. The summed E-state index contributed by atoms with van der Waals surface area (Å²) in [6.07, 6.45) is -0.380. The van der Waals surface area contributed by atoms with Gasteiger partial charge in [0.25, 0.3) is 0 Å². The van der Waals surface area contributed by atoms with Crippen molar-refractivity contribution >= 4 is 0 Å². The molecule has 0 spiro atoms. The molecule has 50 valence electrons. The largest absolute Gasteiger partial charge is 0.390 e. The third-order valence-corrected chi connectivity index (χ3v) is 0.902. The van der Waals surface area contributed by atoms with Crippen LogP contribution >= 0.6 is 0 Å². The third kappa shape index (κ3) is 4.05. The normalized spacial score (nSPS) is 13.9. The Balaban J connectivity index is 2.86. The molecule has 3 heteroatoms. The maximum atomic E-state index is 8.80. The van der Waals surface area contributed by atoms with E-state index in [4.69, 9.17) is 10.8 Å². The predicted octanol–water partition coefficient (Wildman–Crippen LogP) is -1.08. The van der Waals surface area contributed by atoms with Gasteiger partial charge in [-0.05, 0) is 6.54 Å². The zero-order valence-electron chi connectivity index (χ0n) is 5.22. The fraction of sp³-hybridized carbons (Fsp3) is 1.00. The SMILES string of the molecule is CCNCC(O)CN. The molecule has 0 aromatic rings. The van der Waals surface area contributed by atoms with Gasteiger partial charge in [0.05, 0.1) is 6.10 Å². The van der Waals surface area contributed by atoms with Gasteiger partial charge >= 0.3 is 0 Å². The highest BCUT2D eigenvalue weighted by Gasteiger charge is 1.95. The number of nitrogens with one attached hydrogen (secondary N) is 1. The summed E-state index contributed by atoms with van der Waals surface area (Å²) in [5.41, 5.74) is 5.12. The molecule has 0 saturated carbocycles. The summed E-state index contributed by atoms with van der Waals surface area (Å²) in [7, 11) is 0. The van der Waals surface area contributed by atoms with E-state index in [1.54, 1.807) is 0 Å². The molecule has 1 atom stereocenters. The van der Waals surface area contributed by atoms with Crippen LogP contribution in [-0.4, -0.2) is 30.8 Å². The molecule has 1 unspecified atom stereocenters. The molecule has 0 fully saturated rings. The number of aliphatic hydroxyl groups excluding tert-OH is 1. The lowest BCUT2D eigenvalue weighted by Crippen LogP contribution is -2.32. The van der Waals surface area contributed by atoms with Crippen molar-refractivity contribution < 1.29 is 5.11 Å². The molecule has 0 amide bonds. The van der Waals surface area contributed by atoms with Crippen LogP contribution < -0.4 is 11.1 Å². The van der Waals surface area contributed by atoms with Crippen molar-refractivity contribution in [2.45, 2.75) is 13.0 Å². The van der Waals surface area contributed by atoms with E-state index in [1.807, 2.05) is 6.92 Å². The van der Waals surface area contributed by atoms with Crippen LogP contribution in [0.4, 0.5) is 0 Å². The van der Waals surface area contributed by atoms with E-state index in [9.17, 15) is 0 Å². The second-order valence-corrected chi connectivity index (χ2v) is 1.70. The highest BCUT2D eigenvalue weighted by Crippen LogP contribution is 1.71. The second-order valence-electron chi connectivity index (χ2n) is 1.70. The van der Waals surface area contributed by atoms with Gasteiger partial charge in [0.2, 0.25) is 0 Å². The van der Waals surface area contributed by atoms with E-state index in [-0.39, 0.29) is 6.10 Å². The first-order valence-corrected chi connectivity index (χ1v) is 2.90. The van der Waals surface area contributed by atoms with Crippen LogP contribution in [-0.2, 0) is 0 Å². The molecule has 0 saturated heterocycles. The van der Waals surface area contributed by atoms with E-state index in [0.717, 1.165) is 6.54 Å². The Morgan fingerprint density at radius 3 is 2.75 bits per heavy atom. The standard InChI is InChI=1S/C5H14N2O/c1-2-7-4-5(8)3-6/h5,7-8H,2-4,6H2,1H3. The molecule has 0 aliphatic rings. The van der Waals surface area contributed by atoms with Crippen molar-refractivity contribution in [3.63, 3.8) is 0 Å². The molecule has 0 aromatic heterocycles. The van der Waals surface area contributed by atoms with Crippen LogP contribution in [0, 0.1) is 0 Å². The molecule has 8 heavy (non-hydrogen) atoms. The number of nitrogens with two attached hydrogens (primary N) is 1. The molecular weight excluding hydrogens is 104 g/mol. The first-order chi connectivity index (χ1) is 3.81. The number of aliphatic hydroxyl groups is 1. The van der Waals surface area contributed by atoms with E-state index < -0.39 is 0 Å². The molecule has 4 N–H and O–H groups in total. The van der Waals surface area contributed by atoms with Gasteiger partial charge in [-0.1, -0.05) is 6.92 Å². The highest BCUT2D eigenvalue weighted by molar-refractivity contribution is 4.57. The van der Waals surface area contributed by atoms with E-state index in [1.165, 1.54) is 0 Å². The Bertz CT molecular complexity index is 49.7. The number of hydrogen-bond donors (Lipinski definition) is 3. The van der Waals surface area contributed by atoms with Gasteiger partial charge in [0.15, 0.2) is 0 Å². The Kier molecular flexibility index (Phi) is 4.95. The predicted molar refractivity (Wildman–Crippen MR) is 33.6 cm³/mol. The maximum Gasteiger partial charge on any atom is 0.0786 e. The molecule has 0 bridgehead atoms. The third-order valence-electron chi connectivity index (χ3n) is 0.902. The van der Waals surface area contributed by atoms with E-state index >= 15 is 0 Å². The van der Waals surface area contributed by atoms with Crippen LogP contribution in [0.2, 0.25) is 0 Å². The Morgan fingerprint density at radius 2 is 2.38 bits per heavy atom. The summed E-state index contributed by atoms with van der Waals surface area (Å²) in [5.74, 6) is 0. The van der Waals surface area contributed by atoms with Gasteiger partial charge in [-0.25, -0.2) is 0 Å². The summed E-state index contributed by atoms with van der Waals surface area (Å²) in [4.78, 5) is 0. The zero-order chi connectivity index (χ0) is 6.41. The molecule has 0 heterocycles. The Labute approximate surface area is 49.9 Å². The average Bonchev–Trinajstić information content (AvgIpc) is 1.83. The van der Waals surface area contributed by atoms with Crippen LogP contribution in [0.25, 0.3) is 0 Å². The van der Waals surface area contributed by atoms with Crippen LogP contribution in [0.1, 0.15) is 6.92 Å². The van der Waals surface area contributed by atoms with E-state index in [0.29, 0.717) is 13.1 Å². The van der Waals surface area contributed by atoms with Crippen molar-refractivity contribution in [1.29, 1.82) is 0 Å².